The number of thioether (sulfide) groups is 1. The van der Waals surface area contributed by atoms with Crippen molar-refractivity contribution in [3.8, 4) is 0 Å². The number of benzene rings is 1. The molecule has 1 fully saturated rings. The molecule has 1 saturated carbocycles. The van der Waals surface area contributed by atoms with Crippen LogP contribution in [0.2, 0.25) is 0 Å². The lowest BCUT2D eigenvalue weighted by Gasteiger charge is -2.20. The monoisotopic (exact) mass is 304 g/mol. The van der Waals surface area contributed by atoms with Crippen LogP contribution in [-0.2, 0) is 0 Å². The molecule has 0 amide bonds. The second-order valence-electron chi connectivity index (χ2n) is 6.17. The van der Waals surface area contributed by atoms with Crippen LogP contribution in [0.4, 0.5) is 5.69 Å². The van der Waals surface area contributed by atoms with Gasteiger partial charge in [0.05, 0.1) is 5.69 Å². The van der Waals surface area contributed by atoms with Crippen LogP contribution in [0.15, 0.2) is 29.3 Å². The zero-order valence-electron chi connectivity index (χ0n) is 13.3. The quantitative estimate of drug-likeness (QED) is 0.579. The molecule has 2 rings (SSSR count). The first-order valence-electron chi connectivity index (χ1n) is 8.26. The summed E-state index contributed by atoms with van der Waals surface area (Å²) < 4.78 is 0. The van der Waals surface area contributed by atoms with E-state index in [0.29, 0.717) is 11.1 Å². The van der Waals surface area contributed by atoms with Crippen molar-refractivity contribution in [2.75, 3.05) is 5.75 Å². The molecule has 1 aliphatic carbocycles. The number of aliphatic imine (C=N–C) groups is 1. The van der Waals surface area contributed by atoms with E-state index in [1.54, 1.807) is 11.8 Å². The Labute approximate surface area is 133 Å². The fraction of sp³-hybridized carbons (Fsp3) is 0.611. The molecule has 1 aromatic carbocycles. The molecule has 0 unspecified atom stereocenters. The van der Waals surface area contributed by atoms with Gasteiger partial charge in [-0.25, -0.2) is 4.99 Å². The first-order valence-corrected chi connectivity index (χ1v) is 9.24. The summed E-state index contributed by atoms with van der Waals surface area (Å²) in [4.78, 5) is 4.53. The normalized spacial score (nSPS) is 18.7. The van der Waals surface area contributed by atoms with Gasteiger partial charge in [0.1, 0.15) is 0 Å². The Morgan fingerprint density at radius 3 is 2.52 bits per heavy atom. The van der Waals surface area contributed by atoms with Gasteiger partial charge in [-0.15, -0.1) is 0 Å². The third kappa shape index (κ3) is 5.39. The van der Waals surface area contributed by atoms with Crippen molar-refractivity contribution in [3.05, 3.63) is 29.8 Å². The topological polar surface area (TPSA) is 38.4 Å². The third-order valence-electron chi connectivity index (χ3n) is 4.51. The molecule has 0 aromatic heterocycles. The van der Waals surface area contributed by atoms with Crippen LogP contribution in [0.25, 0.3) is 0 Å². The number of amidine groups is 1. The molecule has 1 aliphatic rings. The zero-order chi connectivity index (χ0) is 15.1. The van der Waals surface area contributed by atoms with Crippen LogP contribution >= 0.6 is 11.8 Å². The Morgan fingerprint density at radius 2 is 1.90 bits per heavy atom. The lowest BCUT2D eigenvalue weighted by atomic mass is 9.91. The molecule has 0 bridgehead atoms. The molecule has 0 radical (unpaired) electrons. The van der Waals surface area contributed by atoms with Crippen LogP contribution in [0.5, 0.6) is 0 Å². The van der Waals surface area contributed by atoms with Gasteiger partial charge in [-0.05, 0) is 48.8 Å². The number of rotatable bonds is 5. The third-order valence-corrected chi connectivity index (χ3v) is 5.53. The predicted molar refractivity (Wildman–Crippen MR) is 95.5 cm³/mol. The average molecular weight is 305 g/mol. The minimum atomic E-state index is 0.612. The smallest absolute Gasteiger partial charge is 0.159 e. The van der Waals surface area contributed by atoms with Gasteiger partial charge >= 0.3 is 0 Å². The second-order valence-corrected chi connectivity index (χ2v) is 7.21. The molecule has 116 valence electrons. The van der Waals surface area contributed by atoms with Crippen molar-refractivity contribution in [3.63, 3.8) is 0 Å². The Kier molecular flexibility index (Phi) is 6.62. The van der Waals surface area contributed by atoms with E-state index in [9.17, 15) is 0 Å². The first kappa shape index (κ1) is 16.4. The summed E-state index contributed by atoms with van der Waals surface area (Å²) in [6.07, 6.45) is 8.09. The number of hydrogen-bond donors (Lipinski definition) is 1. The van der Waals surface area contributed by atoms with E-state index in [1.807, 2.05) is 0 Å². The van der Waals surface area contributed by atoms with Gasteiger partial charge < -0.3 is 5.73 Å². The highest BCUT2D eigenvalue weighted by Gasteiger charge is 2.13. The maximum Gasteiger partial charge on any atom is 0.159 e. The summed E-state index contributed by atoms with van der Waals surface area (Å²) in [6.45, 7) is 4.48. The van der Waals surface area contributed by atoms with Crippen molar-refractivity contribution in [1.29, 1.82) is 0 Å². The van der Waals surface area contributed by atoms with E-state index in [-0.39, 0.29) is 0 Å². The highest BCUT2D eigenvalue weighted by Crippen LogP contribution is 2.27. The lowest BCUT2D eigenvalue weighted by Crippen LogP contribution is -2.13. The van der Waals surface area contributed by atoms with Crippen molar-refractivity contribution < 1.29 is 0 Å². The van der Waals surface area contributed by atoms with E-state index in [4.69, 9.17) is 5.73 Å². The fourth-order valence-corrected chi connectivity index (χ4v) is 3.74. The van der Waals surface area contributed by atoms with Crippen molar-refractivity contribution >= 4 is 22.6 Å². The van der Waals surface area contributed by atoms with Crippen molar-refractivity contribution in [2.45, 2.75) is 58.3 Å². The van der Waals surface area contributed by atoms with Crippen LogP contribution in [0.1, 0.15) is 63.9 Å². The van der Waals surface area contributed by atoms with Crippen LogP contribution < -0.4 is 5.73 Å². The Morgan fingerprint density at radius 1 is 1.24 bits per heavy atom. The molecule has 0 spiro atoms. The fourth-order valence-electron chi connectivity index (χ4n) is 2.83. The molecule has 0 heterocycles. The first-order chi connectivity index (χ1) is 10.2. The minimum Gasteiger partial charge on any atom is -0.378 e. The van der Waals surface area contributed by atoms with Gasteiger partial charge in [0.15, 0.2) is 5.17 Å². The summed E-state index contributed by atoms with van der Waals surface area (Å²) in [5.74, 6) is 2.58. The van der Waals surface area contributed by atoms with Crippen LogP contribution in [0, 0.1) is 5.92 Å². The van der Waals surface area contributed by atoms with Gasteiger partial charge in [0.2, 0.25) is 0 Å². The van der Waals surface area contributed by atoms with Gasteiger partial charge in [0, 0.05) is 5.75 Å². The average Bonchev–Trinajstić information content (AvgIpc) is 2.54. The molecule has 2 N–H and O–H groups in total. The zero-order valence-corrected chi connectivity index (χ0v) is 14.2. The van der Waals surface area contributed by atoms with Gasteiger partial charge in [-0.3, -0.25) is 0 Å². The number of hydrogen-bond acceptors (Lipinski definition) is 2. The Hall–Kier alpha value is -0.960. The van der Waals surface area contributed by atoms with E-state index < -0.39 is 0 Å². The molecule has 21 heavy (non-hydrogen) atoms. The SMILES string of the molecule is CC[C@H](C)c1ccc(N=C(N)SCC2CCCCC2)cc1. The molecular formula is C18H28N2S. The largest absolute Gasteiger partial charge is 0.378 e. The summed E-state index contributed by atoms with van der Waals surface area (Å²) in [6, 6.07) is 8.50. The Balaban J connectivity index is 1.86. The molecule has 1 aromatic rings. The lowest BCUT2D eigenvalue weighted by molar-refractivity contribution is 0.391. The molecular weight excluding hydrogens is 276 g/mol. The Bertz CT molecular complexity index is 447. The number of nitrogens with two attached hydrogens (primary N) is 1. The molecule has 3 heteroatoms. The molecule has 0 aliphatic heterocycles. The second kappa shape index (κ2) is 8.47. The van der Waals surface area contributed by atoms with E-state index in [2.05, 4.69) is 43.1 Å². The van der Waals surface area contributed by atoms with E-state index >= 15 is 0 Å². The van der Waals surface area contributed by atoms with E-state index in [0.717, 1.165) is 17.4 Å². The maximum absolute atomic E-state index is 6.06. The van der Waals surface area contributed by atoms with Crippen molar-refractivity contribution in [2.24, 2.45) is 16.6 Å². The highest BCUT2D eigenvalue weighted by atomic mass is 32.2. The molecule has 0 saturated heterocycles. The summed E-state index contributed by atoms with van der Waals surface area (Å²) >= 11 is 1.72. The standard InChI is InChI=1S/C18H28N2S/c1-3-14(2)16-9-11-17(12-10-16)20-18(19)21-13-15-7-5-4-6-8-15/h9-12,14-15H,3-8,13H2,1-2H3,(H2,19,20)/t14-/m0/s1. The molecule has 2 nitrogen and oxygen atoms in total. The van der Waals surface area contributed by atoms with Crippen molar-refractivity contribution in [1.82, 2.24) is 0 Å². The molecule has 1 atom stereocenters. The number of nitrogens with zero attached hydrogens (tertiary/aromatic N) is 1. The summed E-state index contributed by atoms with van der Waals surface area (Å²) in [5, 5.41) is 0.705. The predicted octanol–water partition coefficient (Wildman–Crippen LogP) is 5.46. The van der Waals surface area contributed by atoms with Crippen LogP contribution in [0.3, 0.4) is 0 Å². The van der Waals surface area contributed by atoms with Crippen LogP contribution in [-0.4, -0.2) is 10.9 Å². The summed E-state index contributed by atoms with van der Waals surface area (Å²) in [5.41, 5.74) is 8.41. The van der Waals surface area contributed by atoms with Gasteiger partial charge in [-0.2, -0.15) is 0 Å². The summed E-state index contributed by atoms with van der Waals surface area (Å²) in [7, 11) is 0. The maximum atomic E-state index is 6.06. The van der Waals surface area contributed by atoms with Gasteiger partial charge in [0.25, 0.3) is 0 Å². The van der Waals surface area contributed by atoms with E-state index in [1.165, 1.54) is 44.1 Å². The highest BCUT2D eigenvalue weighted by molar-refractivity contribution is 8.13. The van der Waals surface area contributed by atoms with Gasteiger partial charge in [-0.1, -0.05) is 57.0 Å². The minimum absolute atomic E-state index is 0.612.